The molecule has 1 saturated heterocycles. The summed E-state index contributed by atoms with van der Waals surface area (Å²) < 4.78 is 65.4. The molecule has 18 heteroatoms. The fourth-order valence-corrected chi connectivity index (χ4v) is 9.64. The Morgan fingerprint density at radius 2 is 1.81 bits per heavy atom. The third kappa shape index (κ3) is 8.07. The molecule has 0 spiro atoms. The van der Waals surface area contributed by atoms with Gasteiger partial charge < -0.3 is 24.7 Å². The normalized spacial score (nSPS) is 28.9. The van der Waals surface area contributed by atoms with Crippen molar-refractivity contribution in [2.45, 2.75) is 106 Å². The average Bonchev–Trinajstić information content (AvgIpc) is 3.94. The lowest BCUT2D eigenvalue weighted by Crippen LogP contribution is -2.60. The highest BCUT2D eigenvalue weighted by Gasteiger charge is 2.63. The van der Waals surface area contributed by atoms with Gasteiger partial charge in [-0.25, -0.2) is 26.4 Å². The molecule has 0 unspecified atom stereocenters. The SMILES string of the molecule is CC(C)(C)OC(=O)N[C@@H]1C(=O)N2C[C@H](Nc3cc(=O)oc4ccccc34)C[C@H]2C(=O)N[C@]2(C(=O)NS(=O)(=O)C3(C)CC3)C[C@H]2/C=C\CCCCS1(=O)=O. The molecule has 4 N–H and O–H groups in total. The molecule has 288 valence electrons. The lowest BCUT2D eigenvalue weighted by atomic mass is 10.1. The Labute approximate surface area is 307 Å². The second-order valence-electron chi connectivity index (χ2n) is 15.5. The number of rotatable bonds is 6. The van der Waals surface area contributed by atoms with Gasteiger partial charge in [-0.1, -0.05) is 24.3 Å². The van der Waals surface area contributed by atoms with E-state index in [4.69, 9.17) is 9.15 Å². The molecule has 2 aromatic rings. The van der Waals surface area contributed by atoms with Crippen LogP contribution in [0.3, 0.4) is 0 Å². The van der Waals surface area contributed by atoms with Crippen LogP contribution in [0.15, 0.2) is 51.7 Å². The lowest BCUT2D eigenvalue weighted by Gasteiger charge is -2.30. The Morgan fingerprint density at radius 1 is 1.09 bits per heavy atom. The van der Waals surface area contributed by atoms with E-state index < -0.39 is 94.3 Å². The molecular weight excluding hydrogens is 731 g/mol. The van der Waals surface area contributed by atoms with E-state index in [-0.39, 0.29) is 31.4 Å². The summed E-state index contributed by atoms with van der Waals surface area (Å²) >= 11 is 0. The molecule has 0 radical (unpaired) electrons. The Bertz CT molecular complexity index is 2140. The molecule has 5 atom stereocenters. The number of para-hydroxylation sites is 1. The van der Waals surface area contributed by atoms with E-state index in [0.29, 0.717) is 36.8 Å². The molecule has 4 amide bonds. The summed E-state index contributed by atoms with van der Waals surface area (Å²) in [6.45, 7) is 6.01. The number of sulfone groups is 1. The molecule has 1 aromatic carbocycles. The van der Waals surface area contributed by atoms with E-state index in [9.17, 15) is 40.8 Å². The number of nitrogens with zero attached hydrogens (tertiary/aromatic N) is 1. The number of benzene rings is 1. The summed E-state index contributed by atoms with van der Waals surface area (Å²) in [7, 11) is -8.44. The maximum atomic E-state index is 14.4. The summed E-state index contributed by atoms with van der Waals surface area (Å²) in [5, 5.41) is 6.58. The number of nitrogens with one attached hydrogen (secondary N) is 4. The topological polar surface area (TPSA) is 227 Å². The largest absolute Gasteiger partial charge is 0.444 e. The van der Waals surface area contributed by atoms with Crippen molar-refractivity contribution in [3.63, 3.8) is 0 Å². The minimum absolute atomic E-state index is 0.0959. The molecule has 2 aliphatic heterocycles. The van der Waals surface area contributed by atoms with Crippen molar-refractivity contribution in [1.82, 2.24) is 20.3 Å². The van der Waals surface area contributed by atoms with Crippen LogP contribution in [0.4, 0.5) is 10.5 Å². The van der Waals surface area contributed by atoms with E-state index in [1.165, 1.54) is 13.0 Å². The summed E-state index contributed by atoms with van der Waals surface area (Å²) in [5.41, 5.74) is -2.71. The van der Waals surface area contributed by atoms with Gasteiger partial charge in [-0.2, -0.15) is 0 Å². The average molecular weight is 776 g/mol. The van der Waals surface area contributed by atoms with Crippen LogP contribution in [-0.2, 0) is 39.0 Å². The summed E-state index contributed by atoms with van der Waals surface area (Å²) in [6.07, 6.45) is 3.97. The van der Waals surface area contributed by atoms with Gasteiger partial charge in [0.15, 0.2) is 9.84 Å². The fourth-order valence-electron chi connectivity index (χ4n) is 6.76. The third-order valence-electron chi connectivity index (χ3n) is 10.1. The number of anilines is 1. The minimum Gasteiger partial charge on any atom is -0.444 e. The van der Waals surface area contributed by atoms with Gasteiger partial charge in [0.25, 0.3) is 11.8 Å². The second kappa shape index (κ2) is 13.8. The van der Waals surface area contributed by atoms with Crippen molar-refractivity contribution >= 4 is 60.3 Å². The first-order valence-corrected chi connectivity index (χ1v) is 20.8. The standard InChI is InChI=1S/C35H45N5O11S2/c1-33(2,3)51-32(45)37-29-30(43)40-20-22(36-24-18-27(41)50-26-13-9-8-12-23(24)26)17-25(40)28(42)38-35(31(44)39-53(48,49)34(4)14-15-34)19-21(35)11-7-5-6-10-16-52(29,46)47/h7-9,11-13,18,21-22,25,29,36H,5-6,10,14-17,19-20H2,1-4H3,(H,37,45)(H,38,42)(H,39,44)/b11-7-/t21-,22-,25+,29+,35-/m1/s1. The van der Waals surface area contributed by atoms with E-state index in [2.05, 4.69) is 20.7 Å². The zero-order chi connectivity index (χ0) is 38.6. The van der Waals surface area contributed by atoms with E-state index in [1.54, 1.807) is 57.2 Å². The molecule has 16 nitrogen and oxygen atoms in total. The van der Waals surface area contributed by atoms with E-state index in [1.807, 2.05) is 0 Å². The molecule has 6 rings (SSSR count). The first kappa shape index (κ1) is 38.3. The Balaban J connectivity index is 1.37. The molecule has 3 fully saturated rings. The number of sulfonamides is 1. The van der Waals surface area contributed by atoms with Crippen LogP contribution in [-0.4, -0.2) is 91.2 Å². The lowest BCUT2D eigenvalue weighted by molar-refractivity contribution is -0.139. The third-order valence-corrected chi connectivity index (χ3v) is 14.2. The van der Waals surface area contributed by atoms with Crippen LogP contribution in [0, 0.1) is 5.92 Å². The number of fused-ring (bicyclic) bond motifs is 3. The van der Waals surface area contributed by atoms with E-state index >= 15 is 0 Å². The van der Waals surface area contributed by atoms with Crippen LogP contribution in [0.25, 0.3) is 11.0 Å². The fraction of sp³-hybridized carbons (Fsp3) is 0.571. The number of carbonyl (C=O) groups excluding carboxylic acids is 4. The van der Waals surface area contributed by atoms with Crippen molar-refractivity contribution in [1.29, 1.82) is 0 Å². The smallest absolute Gasteiger partial charge is 0.409 e. The zero-order valence-corrected chi connectivity index (χ0v) is 31.6. The van der Waals surface area contributed by atoms with Gasteiger partial charge in [-0.05, 0) is 84.8 Å². The molecule has 2 aliphatic carbocycles. The van der Waals surface area contributed by atoms with Gasteiger partial charge in [0, 0.05) is 30.0 Å². The van der Waals surface area contributed by atoms with Crippen LogP contribution in [0.1, 0.15) is 72.6 Å². The van der Waals surface area contributed by atoms with Gasteiger partial charge >= 0.3 is 11.7 Å². The highest BCUT2D eigenvalue weighted by Crippen LogP contribution is 2.47. The van der Waals surface area contributed by atoms with Gasteiger partial charge in [-0.3, -0.25) is 24.4 Å². The molecule has 3 heterocycles. The summed E-state index contributed by atoms with van der Waals surface area (Å²) in [4.78, 5) is 68.9. The number of hydrogen-bond donors (Lipinski definition) is 4. The van der Waals surface area contributed by atoms with Gasteiger partial charge in [0.1, 0.15) is 22.8 Å². The predicted molar refractivity (Wildman–Crippen MR) is 194 cm³/mol. The maximum absolute atomic E-state index is 14.4. The number of amides is 4. The Morgan fingerprint density at radius 3 is 2.51 bits per heavy atom. The number of hydrogen-bond acceptors (Lipinski definition) is 12. The first-order chi connectivity index (χ1) is 24.7. The molecule has 0 bridgehead atoms. The Kier molecular flexibility index (Phi) is 9.93. The Hall–Kier alpha value is -4.45. The number of ether oxygens (including phenoxy) is 1. The molecule has 1 aromatic heterocycles. The van der Waals surface area contributed by atoms with Crippen molar-refractivity contribution < 1.29 is 45.2 Å². The summed E-state index contributed by atoms with van der Waals surface area (Å²) in [5.74, 6) is -3.86. The van der Waals surface area contributed by atoms with Crippen molar-refractivity contribution in [2.24, 2.45) is 5.92 Å². The molecule has 53 heavy (non-hydrogen) atoms. The predicted octanol–water partition coefficient (Wildman–Crippen LogP) is 2.05. The maximum Gasteiger partial charge on any atom is 0.409 e. The van der Waals surface area contributed by atoms with Crippen LogP contribution in [0.5, 0.6) is 0 Å². The minimum atomic E-state index is -4.37. The van der Waals surface area contributed by atoms with Crippen molar-refractivity contribution in [3.05, 3.63) is 52.9 Å². The van der Waals surface area contributed by atoms with Crippen LogP contribution < -0.4 is 26.3 Å². The van der Waals surface area contributed by atoms with Gasteiger partial charge in [-0.15, -0.1) is 0 Å². The summed E-state index contributed by atoms with van der Waals surface area (Å²) in [6, 6.07) is 5.82. The first-order valence-electron chi connectivity index (χ1n) is 17.6. The number of carbonyl (C=O) groups is 4. The van der Waals surface area contributed by atoms with Gasteiger partial charge in [0.05, 0.1) is 16.2 Å². The highest BCUT2D eigenvalue weighted by atomic mass is 32.2. The monoisotopic (exact) mass is 775 g/mol. The molecule has 4 aliphatic rings. The quantitative estimate of drug-likeness (QED) is 0.244. The van der Waals surface area contributed by atoms with Crippen molar-refractivity contribution in [3.8, 4) is 0 Å². The number of alkyl carbamates (subject to hydrolysis) is 1. The molecule has 2 saturated carbocycles. The van der Waals surface area contributed by atoms with E-state index in [0.717, 1.165) is 4.90 Å². The van der Waals surface area contributed by atoms with Crippen LogP contribution in [0.2, 0.25) is 0 Å². The van der Waals surface area contributed by atoms with Crippen LogP contribution >= 0.6 is 0 Å². The highest BCUT2D eigenvalue weighted by molar-refractivity contribution is 7.92. The van der Waals surface area contributed by atoms with Gasteiger partial charge in [0.2, 0.25) is 21.3 Å². The number of allylic oxidation sites excluding steroid dienone is 1. The second-order valence-corrected chi connectivity index (χ2v) is 19.9. The zero-order valence-electron chi connectivity index (χ0n) is 30.0. The molecular formula is C35H45N5O11S2. The van der Waals surface area contributed by atoms with Crippen molar-refractivity contribution in [2.75, 3.05) is 17.6 Å².